The molecule has 1 aliphatic heterocycles. The number of hydrogen-bond donors (Lipinski definition) is 1. The van der Waals surface area contributed by atoms with E-state index in [0.717, 1.165) is 18.5 Å². The topological polar surface area (TPSA) is 49.4 Å². The van der Waals surface area contributed by atoms with Crippen molar-refractivity contribution in [3.63, 3.8) is 0 Å². The molecule has 1 aliphatic carbocycles. The highest BCUT2D eigenvalue weighted by Crippen LogP contribution is 2.25. The summed E-state index contributed by atoms with van der Waals surface area (Å²) in [5, 5.41) is 3.20. The Morgan fingerprint density at radius 1 is 1.00 bits per heavy atom. The number of para-hydroxylation sites is 1. The maximum atomic E-state index is 12.5. The fraction of sp³-hybridized carbons (Fsp3) is 0.579. The van der Waals surface area contributed by atoms with Crippen LogP contribution in [0.2, 0.25) is 0 Å². The van der Waals surface area contributed by atoms with Gasteiger partial charge in [0.15, 0.2) is 0 Å². The van der Waals surface area contributed by atoms with Gasteiger partial charge in [0, 0.05) is 24.7 Å². The summed E-state index contributed by atoms with van der Waals surface area (Å²) in [5.41, 5.74) is 0.888. The zero-order valence-corrected chi connectivity index (χ0v) is 13.7. The van der Waals surface area contributed by atoms with Crippen LogP contribution in [0.3, 0.4) is 0 Å². The molecule has 4 heteroatoms. The second-order valence-corrected chi connectivity index (χ2v) is 6.79. The van der Waals surface area contributed by atoms with Crippen LogP contribution in [0.1, 0.15) is 51.4 Å². The summed E-state index contributed by atoms with van der Waals surface area (Å²) in [7, 11) is 0. The van der Waals surface area contributed by atoms with Gasteiger partial charge in [-0.15, -0.1) is 0 Å². The first-order valence-electron chi connectivity index (χ1n) is 8.90. The molecular weight excluding hydrogens is 288 g/mol. The molecule has 0 unspecified atom stereocenters. The van der Waals surface area contributed by atoms with Crippen LogP contribution in [0.15, 0.2) is 30.3 Å². The monoisotopic (exact) mass is 314 g/mol. The van der Waals surface area contributed by atoms with Crippen molar-refractivity contribution in [2.75, 3.05) is 11.4 Å². The molecule has 4 nitrogen and oxygen atoms in total. The molecular formula is C19H26N2O2. The van der Waals surface area contributed by atoms with E-state index in [9.17, 15) is 9.59 Å². The summed E-state index contributed by atoms with van der Waals surface area (Å²) >= 11 is 0. The first-order valence-corrected chi connectivity index (χ1v) is 8.90. The highest BCUT2D eigenvalue weighted by molar-refractivity contribution is 6.00. The Labute approximate surface area is 138 Å². The van der Waals surface area contributed by atoms with E-state index < -0.39 is 0 Å². The molecule has 2 amide bonds. The van der Waals surface area contributed by atoms with Gasteiger partial charge in [-0.3, -0.25) is 9.59 Å². The minimum atomic E-state index is -0.215. The average Bonchev–Trinajstić information content (AvgIpc) is 2.93. The molecule has 1 saturated heterocycles. The zero-order valence-electron chi connectivity index (χ0n) is 13.7. The fourth-order valence-electron chi connectivity index (χ4n) is 3.66. The maximum absolute atomic E-state index is 12.5. The van der Waals surface area contributed by atoms with Gasteiger partial charge in [0.25, 0.3) is 0 Å². The van der Waals surface area contributed by atoms with Crippen LogP contribution in [0, 0.1) is 5.92 Å². The lowest BCUT2D eigenvalue weighted by atomic mass is 9.96. The number of hydrogen-bond acceptors (Lipinski definition) is 2. The molecule has 1 heterocycles. The lowest BCUT2D eigenvalue weighted by molar-refractivity contribution is -0.127. The number of nitrogens with zero attached hydrogens (tertiary/aromatic N) is 1. The first kappa shape index (κ1) is 16.0. The van der Waals surface area contributed by atoms with E-state index in [0.29, 0.717) is 19.0 Å². The van der Waals surface area contributed by atoms with Gasteiger partial charge in [-0.25, -0.2) is 0 Å². The number of rotatable bonds is 3. The van der Waals surface area contributed by atoms with Crippen LogP contribution in [-0.2, 0) is 9.59 Å². The summed E-state index contributed by atoms with van der Waals surface area (Å²) in [5.74, 6) is -0.107. The number of amides is 2. The maximum Gasteiger partial charge on any atom is 0.227 e. The molecule has 1 aromatic rings. The Kier molecular flexibility index (Phi) is 5.31. The van der Waals surface area contributed by atoms with Crippen molar-refractivity contribution in [1.82, 2.24) is 5.32 Å². The Balaban J connectivity index is 1.57. The SMILES string of the molecule is O=C(NC1CCCCCCC1)[C@H]1CC(=O)N(c2ccccc2)C1. The van der Waals surface area contributed by atoms with E-state index in [1.54, 1.807) is 4.90 Å². The van der Waals surface area contributed by atoms with Crippen molar-refractivity contribution >= 4 is 17.5 Å². The largest absolute Gasteiger partial charge is 0.353 e. The lowest BCUT2D eigenvalue weighted by Gasteiger charge is -2.23. The second-order valence-electron chi connectivity index (χ2n) is 6.79. The minimum absolute atomic E-state index is 0.0500. The summed E-state index contributed by atoms with van der Waals surface area (Å²) in [6, 6.07) is 9.92. The van der Waals surface area contributed by atoms with Crippen LogP contribution in [0.4, 0.5) is 5.69 Å². The van der Waals surface area contributed by atoms with E-state index in [4.69, 9.17) is 0 Å². The Morgan fingerprint density at radius 2 is 1.65 bits per heavy atom. The molecule has 0 spiro atoms. The quantitative estimate of drug-likeness (QED) is 0.931. The van der Waals surface area contributed by atoms with Gasteiger partial charge < -0.3 is 10.2 Å². The molecule has 1 saturated carbocycles. The third-order valence-corrected chi connectivity index (χ3v) is 5.02. The zero-order chi connectivity index (χ0) is 16.1. The minimum Gasteiger partial charge on any atom is -0.353 e. The first-order chi connectivity index (χ1) is 11.2. The molecule has 0 bridgehead atoms. The van der Waals surface area contributed by atoms with Crippen LogP contribution in [0.5, 0.6) is 0 Å². The van der Waals surface area contributed by atoms with Gasteiger partial charge in [-0.05, 0) is 25.0 Å². The highest BCUT2D eigenvalue weighted by Gasteiger charge is 2.35. The number of anilines is 1. The third-order valence-electron chi connectivity index (χ3n) is 5.02. The molecule has 2 aliphatic rings. The van der Waals surface area contributed by atoms with Crippen molar-refractivity contribution in [3.05, 3.63) is 30.3 Å². The van der Waals surface area contributed by atoms with Crippen molar-refractivity contribution in [2.45, 2.75) is 57.4 Å². The lowest BCUT2D eigenvalue weighted by Crippen LogP contribution is -2.40. The van der Waals surface area contributed by atoms with E-state index in [-0.39, 0.29) is 17.7 Å². The predicted molar refractivity (Wildman–Crippen MR) is 91.2 cm³/mol. The van der Waals surface area contributed by atoms with Gasteiger partial charge in [0.2, 0.25) is 11.8 Å². The van der Waals surface area contributed by atoms with Crippen molar-refractivity contribution in [2.24, 2.45) is 5.92 Å². The molecule has 1 aromatic carbocycles. The number of carbonyl (C=O) groups excluding carboxylic acids is 2. The Hall–Kier alpha value is -1.84. The van der Waals surface area contributed by atoms with Crippen LogP contribution in [-0.4, -0.2) is 24.4 Å². The highest BCUT2D eigenvalue weighted by atomic mass is 16.2. The van der Waals surface area contributed by atoms with Gasteiger partial charge in [-0.2, -0.15) is 0 Å². The number of benzene rings is 1. The summed E-state index contributed by atoms with van der Waals surface area (Å²) in [6.45, 7) is 0.501. The van der Waals surface area contributed by atoms with Gasteiger partial charge >= 0.3 is 0 Å². The van der Waals surface area contributed by atoms with Crippen LogP contribution >= 0.6 is 0 Å². The van der Waals surface area contributed by atoms with Crippen molar-refractivity contribution in [1.29, 1.82) is 0 Å². The molecule has 1 atom stereocenters. The van der Waals surface area contributed by atoms with E-state index >= 15 is 0 Å². The summed E-state index contributed by atoms with van der Waals surface area (Å²) in [6.07, 6.45) is 8.75. The molecule has 0 aromatic heterocycles. The normalized spacial score (nSPS) is 23.4. The number of carbonyl (C=O) groups is 2. The Morgan fingerprint density at radius 3 is 2.35 bits per heavy atom. The van der Waals surface area contributed by atoms with Crippen molar-refractivity contribution < 1.29 is 9.59 Å². The smallest absolute Gasteiger partial charge is 0.227 e. The second kappa shape index (κ2) is 7.62. The van der Waals surface area contributed by atoms with Gasteiger partial charge in [0.1, 0.15) is 0 Å². The van der Waals surface area contributed by atoms with E-state index in [1.165, 1.54) is 32.1 Å². The molecule has 3 rings (SSSR count). The van der Waals surface area contributed by atoms with E-state index in [1.807, 2.05) is 30.3 Å². The summed E-state index contributed by atoms with van der Waals surface area (Å²) in [4.78, 5) is 26.5. The molecule has 2 fully saturated rings. The van der Waals surface area contributed by atoms with Gasteiger partial charge in [-0.1, -0.05) is 50.3 Å². The predicted octanol–water partition coefficient (Wildman–Crippen LogP) is 3.27. The van der Waals surface area contributed by atoms with E-state index in [2.05, 4.69) is 5.32 Å². The fourth-order valence-corrected chi connectivity index (χ4v) is 3.66. The standard InChI is InChI=1S/C19H26N2O2/c22-18-13-15(14-21(18)17-11-7-4-8-12-17)19(23)20-16-9-5-2-1-3-6-10-16/h4,7-8,11-12,15-16H,1-3,5-6,9-10,13-14H2,(H,20,23)/t15-/m0/s1. The molecule has 124 valence electrons. The van der Waals surface area contributed by atoms with Crippen molar-refractivity contribution in [3.8, 4) is 0 Å². The average molecular weight is 314 g/mol. The van der Waals surface area contributed by atoms with Gasteiger partial charge in [0.05, 0.1) is 5.92 Å². The van der Waals surface area contributed by atoms with Crippen LogP contribution < -0.4 is 10.2 Å². The molecule has 1 N–H and O–H groups in total. The number of nitrogens with one attached hydrogen (secondary N) is 1. The molecule has 0 radical (unpaired) electrons. The third kappa shape index (κ3) is 4.12. The summed E-state index contributed by atoms with van der Waals surface area (Å²) < 4.78 is 0. The molecule has 23 heavy (non-hydrogen) atoms. The Bertz CT molecular complexity index is 536. The van der Waals surface area contributed by atoms with Crippen LogP contribution in [0.25, 0.3) is 0 Å².